The summed E-state index contributed by atoms with van der Waals surface area (Å²) < 4.78 is 0. The second-order valence-electron chi connectivity index (χ2n) is 6.51. The molecule has 0 amide bonds. The summed E-state index contributed by atoms with van der Waals surface area (Å²) in [6, 6.07) is 7.48. The molecule has 0 bridgehead atoms. The quantitative estimate of drug-likeness (QED) is 0.732. The molecule has 18 heavy (non-hydrogen) atoms. The first kappa shape index (κ1) is 13.5. The summed E-state index contributed by atoms with van der Waals surface area (Å²) in [5.41, 5.74) is 1.50. The van der Waals surface area contributed by atoms with E-state index in [1.165, 1.54) is 18.7 Å². The molecular formula is C16H26N2. The van der Waals surface area contributed by atoms with Crippen LogP contribution in [0.1, 0.15) is 52.8 Å². The van der Waals surface area contributed by atoms with Crippen molar-refractivity contribution in [3.05, 3.63) is 30.1 Å². The third kappa shape index (κ3) is 2.59. The number of aromatic nitrogens is 1. The number of hydrogen-bond acceptors (Lipinski definition) is 2. The molecule has 2 heterocycles. The van der Waals surface area contributed by atoms with Crippen LogP contribution in [-0.2, 0) is 0 Å². The lowest BCUT2D eigenvalue weighted by Crippen LogP contribution is -2.30. The van der Waals surface area contributed by atoms with Gasteiger partial charge in [0, 0.05) is 18.8 Å². The molecular weight excluding hydrogens is 220 g/mol. The predicted octanol–water partition coefficient (Wildman–Crippen LogP) is 3.90. The average molecular weight is 246 g/mol. The van der Waals surface area contributed by atoms with Crippen LogP contribution in [0.5, 0.6) is 0 Å². The van der Waals surface area contributed by atoms with Crippen molar-refractivity contribution in [2.24, 2.45) is 11.3 Å². The third-order valence-corrected chi connectivity index (χ3v) is 4.41. The maximum absolute atomic E-state index is 4.61. The Bertz CT molecular complexity index is 383. The van der Waals surface area contributed by atoms with Crippen LogP contribution in [0.4, 0.5) is 0 Å². The number of pyridine rings is 1. The van der Waals surface area contributed by atoms with Crippen molar-refractivity contribution >= 4 is 0 Å². The van der Waals surface area contributed by atoms with E-state index in [0.717, 1.165) is 12.0 Å². The minimum Gasteiger partial charge on any atom is -0.288 e. The lowest BCUT2D eigenvalue weighted by Gasteiger charge is -2.35. The second kappa shape index (κ2) is 5.00. The first-order valence-electron chi connectivity index (χ1n) is 7.14. The van der Waals surface area contributed by atoms with Crippen molar-refractivity contribution < 1.29 is 0 Å². The molecule has 0 radical (unpaired) electrons. The molecule has 1 aromatic rings. The van der Waals surface area contributed by atoms with E-state index in [1.807, 2.05) is 12.3 Å². The molecule has 1 aliphatic rings. The van der Waals surface area contributed by atoms with E-state index in [-0.39, 0.29) is 5.41 Å². The lowest BCUT2D eigenvalue weighted by atomic mass is 9.79. The zero-order chi connectivity index (χ0) is 13.3. The van der Waals surface area contributed by atoms with E-state index >= 15 is 0 Å². The highest BCUT2D eigenvalue weighted by atomic mass is 15.3. The topological polar surface area (TPSA) is 15.9 Å². The highest BCUT2D eigenvalue weighted by Gasteiger charge is 2.47. The van der Waals surface area contributed by atoms with Crippen LogP contribution in [-0.4, -0.2) is 22.5 Å². The molecule has 0 aromatic carbocycles. The van der Waals surface area contributed by atoms with Crippen molar-refractivity contribution in [1.29, 1.82) is 0 Å². The maximum atomic E-state index is 4.61. The predicted molar refractivity (Wildman–Crippen MR) is 76.4 cm³/mol. The third-order valence-electron chi connectivity index (χ3n) is 4.41. The Morgan fingerprint density at radius 1 is 1.39 bits per heavy atom. The zero-order valence-corrected chi connectivity index (χ0v) is 12.4. The van der Waals surface area contributed by atoms with Gasteiger partial charge in [-0.15, -0.1) is 0 Å². The van der Waals surface area contributed by atoms with E-state index in [9.17, 15) is 0 Å². The monoisotopic (exact) mass is 246 g/mol. The van der Waals surface area contributed by atoms with Gasteiger partial charge < -0.3 is 0 Å². The smallest absolute Gasteiger partial charge is 0.0580 e. The fourth-order valence-corrected chi connectivity index (χ4v) is 2.81. The van der Waals surface area contributed by atoms with Gasteiger partial charge in [-0.2, -0.15) is 0 Å². The highest BCUT2D eigenvalue weighted by molar-refractivity contribution is 5.16. The fraction of sp³-hybridized carbons (Fsp3) is 0.688. The lowest BCUT2D eigenvalue weighted by molar-refractivity contribution is 0.157. The SMILES string of the molecule is CCC(C)(C)[C@@H](c1ccccn1)N1C[C@@H]1C(C)C. The second-order valence-corrected chi connectivity index (χ2v) is 6.51. The molecule has 0 aliphatic carbocycles. The summed E-state index contributed by atoms with van der Waals surface area (Å²) in [6.07, 6.45) is 3.09. The van der Waals surface area contributed by atoms with Crippen molar-refractivity contribution in [2.75, 3.05) is 6.54 Å². The molecule has 1 saturated heterocycles. The van der Waals surface area contributed by atoms with Gasteiger partial charge in [-0.05, 0) is 29.9 Å². The molecule has 2 heteroatoms. The Morgan fingerprint density at radius 3 is 2.56 bits per heavy atom. The van der Waals surface area contributed by atoms with Crippen LogP contribution in [0.15, 0.2) is 24.4 Å². The van der Waals surface area contributed by atoms with Crippen molar-refractivity contribution in [1.82, 2.24) is 9.88 Å². The summed E-state index contributed by atoms with van der Waals surface area (Å²) in [5, 5.41) is 0. The summed E-state index contributed by atoms with van der Waals surface area (Å²) in [4.78, 5) is 7.23. The minimum absolute atomic E-state index is 0.276. The molecule has 3 atom stereocenters. The van der Waals surface area contributed by atoms with Gasteiger partial charge in [-0.1, -0.05) is 40.7 Å². The highest BCUT2D eigenvalue weighted by Crippen LogP contribution is 2.46. The average Bonchev–Trinajstić information content (AvgIpc) is 3.10. The number of nitrogens with zero attached hydrogens (tertiary/aromatic N) is 2. The van der Waals surface area contributed by atoms with Gasteiger partial charge in [0.1, 0.15) is 0 Å². The zero-order valence-electron chi connectivity index (χ0n) is 12.4. The molecule has 0 N–H and O–H groups in total. The molecule has 2 rings (SSSR count). The van der Waals surface area contributed by atoms with Crippen LogP contribution in [0.2, 0.25) is 0 Å². The van der Waals surface area contributed by atoms with Crippen LogP contribution in [0, 0.1) is 11.3 Å². The van der Waals surface area contributed by atoms with E-state index in [2.05, 4.69) is 56.6 Å². The largest absolute Gasteiger partial charge is 0.288 e. The first-order valence-corrected chi connectivity index (χ1v) is 7.14. The summed E-state index contributed by atoms with van der Waals surface area (Å²) >= 11 is 0. The van der Waals surface area contributed by atoms with E-state index in [4.69, 9.17) is 0 Å². The minimum atomic E-state index is 0.276. The van der Waals surface area contributed by atoms with Gasteiger partial charge in [0.2, 0.25) is 0 Å². The molecule has 1 aliphatic heterocycles. The molecule has 2 nitrogen and oxygen atoms in total. The summed E-state index contributed by atoms with van der Waals surface area (Å²) in [6.45, 7) is 12.9. The van der Waals surface area contributed by atoms with Crippen LogP contribution in [0.25, 0.3) is 0 Å². The van der Waals surface area contributed by atoms with Gasteiger partial charge in [0.15, 0.2) is 0 Å². The Hall–Kier alpha value is -0.890. The molecule has 100 valence electrons. The normalized spacial score (nSPS) is 25.2. The number of rotatable bonds is 5. The van der Waals surface area contributed by atoms with Crippen LogP contribution >= 0.6 is 0 Å². The Balaban J connectivity index is 2.26. The molecule has 1 fully saturated rings. The van der Waals surface area contributed by atoms with Gasteiger partial charge >= 0.3 is 0 Å². The Kier molecular flexibility index (Phi) is 3.76. The molecule has 1 unspecified atom stereocenters. The van der Waals surface area contributed by atoms with Crippen molar-refractivity contribution in [3.8, 4) is 0 Å². The van der Waals surface area contributed by atoms with E-state index in [1.54, 1.807) is 0 Å². The van der Waals surface area contributed by atoms with Crippen molar-refractivity contribution in [2.45, 2.75) is 53.1 Å². The summed E-state index contributed by atoms with van der Waals surface area (Å²) in [7, 11) is 0. The van der Waals surface area contributed by atoms with Crippen LogP contribution in [0.3, 0.4) is 0 Å². The first-order chi connectivity index (χ1) is 8.47. The van der Waals surface area contributed by atoms with Gasteiger partial charge in [0.25, 0.3) is 0 Å². The molecule has 1 aromatic heterocycles. The Labute approximate surface area is 111 Å². The van der Waals surface area contributed by atoms with Gasteiger partial charge in [-0.25, -0.2) is 0 Å². The van der Waals surface area contributed by atoms with E-state index < -0.39 is 0 Å². The van der Waals surface area contributed by atoms with Gasteiger partial charge in [0.05, 0.1) is 11.7 Å². The molecule has 0 spiro atoms. The summed E-state index contributed by atoms with van der Waals surface area (Å²) in [5.74, 6) is 0.740. The Morgan fingerprint density at radius 2 is 2.11 bits per heavy atom. The van der Waals surface area contributed by atoms with Crippen LogP contribution < -0.4 is 0 Å². The molecule has 0 saturated carbocycles. The van der Waals surface area contributed by atoms with Crippen molar-refractivity contribution in [3.63, 3.8) is 0 Å². The maximum Gasteiger partial charge on any atom is 0.0580 e. The van der Waals surface area contributed by atoms with E-state index in [0.29, 0.717) is 6.04 Å². The van der Waals surface area contributed by atoms with Gasteiger partial charge in [-0.3, -0.25) is 9.88 Å². The number of hydrogen-bond donors (Lipinski definition) is 0. The standard InChI is InChI=1S/C16H26N2/c1-6-16(4,5)15(13-9-7-8-10-17-13)18-11-14(18)12(2)3/h7-10,12,14-15H,6,11H2,1-5H3/t14-,15-,18?/m1/s1. The fourth-order valence-electron chi connectivity index (χ4n) is 2.81.